The third kappa shape index (κ3) is 4.70. The molecule has 0 bridgehead atoms. The molecule has 1 heterocycles. The van der Waals surface area contributed by atoms with Crippen molar-refractivity contribution >= 4 is 6.08 Å². The van der Waals surface area contributed by atoms with Crippen LogP contribution in [-0.2, 0) is 11.3 Å². The second-order valence-electron chi connectivity index (χ2n) is 6.24. The molecule has 3 nitrogen and oxygen atoms in total. The number of benzene rings is 2. The fourth-order valence-electron chi connectivity index (χ4n) is 2.99. The molecule has 24 heavy (non-hydrogen) atoms. The van der Waals surface area contributed by atoms with E-state index in [2.05, 4.69) is 53.4 Å². The molecule has 0 saturated carbocycles. The van der Waals surface area contributed by atoms with Gasteiger partial charge in [-0.15, -0.1) is 0 Å². The predicted octanol–water partition coefficient (Wildman–Crippen LogP) is 4.35. The molecule has 1 saturated heterocycles. The van der Waals surface area contributed by atoms with E-state index in [4.69, 9.17) is 9.47 Å². The first-order valence-corrected chi connectivity index (χ1v) is 8.48. The van der Waals surface area contributed by atoms with Crippen LogP contribution in [0.15, 0.2) is 60.2 Å². The van der Waals surface area contributed by atoms with Crippen LogP contribution in [0.4, 0.5) is 0 Å². The Labute approximate surface area is 144 Å². The summed E-state index contributed by atoms with van der Waals surface area (Å²) in [6.45, 7) is 5.07. The Hall–Kier alpha value is -2.10. The summed E-state index contributed by atoms with van der Waals surface area (Å²) in [4.78, 5) is 2.49. The topological polar surface area (TPSA) is 21.7 Å². The summed E-state index contributed by atoms with van der Waals surface area (Å²) in [6, 6.07) is 18.9. The van der Waals surface area contributed by atoms with E-state index in [9.17, 15) is 0 Å². The van der Waals surface area contributed by atoms with Crippen LogP contribution in [0.5, 0.6) is 5.75 Å². The first-order chi connectivity index (χ1) is 11.7. The molecule has 0 radical (unpaired) electrons. The van der Waals surface area contributed by atoms with Crippen LogP contribution in [0, 0.1) is 0 Å². The van der Waals surface area contributed by atoms with Gasteiger partial charge in [0.2, 0.25) is 0 Å². The largest absolute Gasteiger partial charge is 0.465 e. The van der Waals surface area contributed by atoms with Crippen molar-refractivity contribution in [3.63, 3.8) is 0 Å². The van der Waals surface area contributed by atoms with Crippen LogP contribution < -0.4 is 4.74 Å². The minimum absolute atomic E-state index is 0.235. The molecule has 1 aliphatic heterocycles. The van der Waals surface area contributed by atoms with Gasteiger partial charge in [-0.1, -0.05) is 54.1 Å². The molecule has 0 spiro atoms. The highest BCUT2D eigenvalue weighted by Gasteiger charge is 2.16. The summed E-state index contributed by atoms with van der Waals surface area (Å²) in [5.41, 5.74) is 4.04. The van der Waals surface area contributed by atoms with Crippen molar-refractivity contribution in [2.24, 2.45) is 0 Å². The van der Waals surface area contributed by atoms with Crippen molar-refractivity contribution in [1.29, 1.82) is 0 Å². The Morgan fingerprint density at radius 3 is 2.75 bits per heavy atom. The summed E-state index contributed by atoms with van der Waals surface area (Å²) in [7, 11) is 1.65. The Morgan fingerprint density at radius 2 is 1.96 bits per heavy atom. The zero-order chi connectivity index (χ0) is 16.8. The maximum absolute atomic E-state index is 5.71. The molecule has 0 N–H and O–H groups in total. The highest BCUT2D eigenvalue weighted by Crippen LogP contribution is 2.22. The van der Waals surface area contributed by atoms with Crippen LogP contribution in [0.2, 0.25) is 0 Å². The lowest BCUT2D eigenvalue weighted by Gasteiger charge is -2.14. The molecule has 0 aliphatic carbocycles. The number of hydrogen-bond donors (Lipinski definition) is 0. The first kappa shape index (κ1) is 16.7. The Morgan fingerprint density at radius 1 is 1.12 bits per heavy atom. The van der Waals surface area contributed by atoms with Crippen LogP contribution in [0.25, 0.3) is 6.08 Å². The Bertz CT molecular complexity index is 681. The Balaban J connectivity index is 1.62. The highest BCUT2D eigenvalue weighted by molar-refractivity contribution is 5.55. The van der Waals surface area contributed by atoms with Gasteiger partial charge in [0.15, 0.2) is 6.29 Å². The average Bonchev–Trinajstić information content (AvgIpc) is 3.03. The fourth-order valence-corrected chi connectivity index (χ4v) is 2.99. The molecule has 1 fully saturated rings. The van der Waals surface area contributed by atoms with E-state index >= 15 is 0 Å². The summed E-state index contributed by atoms with van der Waals surface area (Å²) < 4.78 is 10.9. The third-order valence-corrected chi connectivity index (χ3v) is 4.29. The van der Waals surface area contributed by atoms with Gasteiger partial charge < -0.3 is 9.47 Å². The lowest BCUT2D eigenvalue weighted by Crippen LogP contribution is -2.18. The monoisotopic (exact) mass is 323 g/mol. The van der Waals surface area contributed by atoms with Crippen LogP contribution in [0.1, 0.15) is 24.5 Å². The van der Waals surface area contributed by atoms with Crippen molar-refractivity contribution in [1.82, 2.24) is 4.90 Å². The molecule has 3 rings (SSSR count). The molecular formula is C21H25NO2. The number of likely N-dealkylation sites (tertiary alicyclic amines) is 1. The molecule has 1 aliphatic rings. The SMILES string of the molecule is COC(C)Oc1cccc(C=C2CCN(Cc3ccccc3)C2)c1. The molecule has 1 unspecified atom stereocenters. The number of rotatable bonds is 6. The van der Waals surface area contributed by atoms with Crippen molar-refractivity contribution in [3.05, 3.63) is 71.3 Å². The highest BCUT2D eigenvalue weighted by atomic mass is 16.7. The zero-order valence-electron chi connectivity index (χ0n) is 14.4. The van der Waals surface area contributed by atoms with Gasteiger partial charge in [-0.3, -0.25) is 4.90 Å². The molecule has 2 aromatic carbocycles. The van der Waals surface area contributed by atoms with E-state index in [1.165, 1.54) is 16.7 Å². The lowest BCUT2D eigenvalue weighted by molar-refractivity contribution is -0.0382. The van der Waals surface area contributed by atoms with Gasteiger partial charge in [-0.25, -0.2) is 0 Å². The van der Waals surface area contributed by atoms with E-state index in [0.29, 0.717) is 0 Å². The van der Waals surface area contributed by atoms with E-state index in [0.717, 1.165) is 31.8 Å². The summed E-state index contributed by atoms with van der Waals surface area (Å²) >= 11 is 0. The maximum Gasteiger partial charge on any atom is 0.196 e. The van der Waals surface area contributed by atoms with E-state index < -0.39 is 0 Å². The summed E-state index contributed by atoms with van der Waals surface area (Å²) in [5, 5.41) is 0. The molecular weight excluding hydrogens is 298 g/mol. The average molecular weight is 323 g/mol. The molecule has 126 valence electrons. The maximum atomic E-state index is 5.71. The van der Waals surface area contributed by atoms with E-state index in [1.807, 2.05) is 19.1 Å². The van der Waals surface area contributed by atoms with Crippen molar-refractivity contribution < 1.29 is 9.47 Å². The van der Waals surface area contributed by atoms with Gasteiger partial charge in [0, 0.05) is 26.7 Å². The summed E-state index contributed by atoms with van der Waals surface area (Å²) in [5.74, 6) is 0.845. The Kier molecular flexibility index (Phi) is 5.68. The number of methoxy groups -OCH3 is 1. The first-order valence-electron chi connectivity index (χ1n) is 8.48. The zero-order valence-corrected chi connectivity index (χ0v) is 14.4. The van der Waals surface area contributed by atoms with E-state index in [-0.39, 0.29) is 6.29 Å². The van der Waals surface area contributed by atoms with Gasteiger partial charge in [0.25, 0.3) is 0 Å². The van der Waals surface area contributed by atoms with Crippen LogP contribution in [-0.4, -0.2) is 31.4 Å². The number of hydrogen-bond acceptors (Lipinski definition) is 3. The van der Waals surface area contributed by atoms with Gasteiger partial charge >= 0.3 is 0 Å². The van der Waals surface area contributed by atoms with Gasteiger partial charge in [0.05, 0.1) is 0 Å². The quantitative estimate of drug-likeness (QED) is 0.738. The molecule has 0 aromatic heterocycles. The third-order valence-electron chi connectivity index (χ3n) is 4.29. The lowest BCUT2D eigenvalue weighted by atomic mass is 10.1. The minimum atomic E-state index is -0.235. The second kappa shape index (κ2) is 8.13. The second-order valence-corrected chi connectivity index (χ2v) is 6.24. The number of ether oxygens (including phenoxy) is 2. The van der Waals surface area contributed by atoms with Gasteiger partial charge in [-0.2, -0.15) is 0 Å². The van der Waals surface area contributed by atoms with E-state index in [1.54, 1.807) is 7.11 Å². The molecule has 1 atom stereocenters. The molecule has 0 amide bonds. The van der Waals surface area contributed by atoms with Crippen molar-refractivity contribution in [2.45, 2.75) is 26.2 Å². The standard InChI is InChI=1S/C21H25NO2/c1-17(23-2)24-21-10-6-9-19(14-21)13-20-11-12-22(16-20)15-18-7-4-3-5-8-18/h3-10,13-14,17H,11-12,15-16H2,1-2H3. The van der Waals surface area contributed by atoms with Gasteiger partial charge in [0.1, 0.15) is 5.75 Å². The normalized spacial score (nSPS) is 18.0. The predicted molar refractivity (Wildman–Crippen MR) is 97.9 cm³/mol. The smallest absolute Gasteiger partial charge is 0.196 e. The number of nitrogens with zero attached hydrogens (tertiary/aromatic N) is 1. The minimum Gasteiger partial charge on any atom is -0.465 e. The van der Waals surface area contributed by atoms with Crippen molar-refractivity contribution in [2.75, 3.05) is 20.2 Å². The molecule has 3 heteroatoms. The van der Waals surface area contributed by atoms with Crippen molar-refractivity contribution in [3.8, 4) is 5.75 Å². The van der Waals surface area contributed by atoms with Gasteiger partial charge in [-0.05, 0) is 36.6 Å². The van der Waals surface area contributed by atoms with Crippen LogP contribution >= 0.6 is 0 Å². The van der Waals surface area contributed by atoms with Crippen LogP contribution in [0.3, 0.4) is 0 Å². The summed E-state index contributed by atoms with van der Waals surface area (Å²) in [6.07, 6.45) is 3.18. The molecule has 2 aromatic rings. The fraction of sp³-hybridized carbons (Fsp3) is 0.333.